The molecule has 2 N–H and O–H groups in total. The smallest absolute Gasteiger partial charge is 0.341 e. The second-order valence-corrected chi connectivity index (χ2v) is 3.03. The van der Waals surface area contributed by atoms with Crippen LogP contribution in [-0.2, 0) is 11.8 Å². The van der Waals surface area contributed by atoms with E-state index in [0.717, 1.165) is 0 Å². The summed E-state index contributed by atoms with van der Waals surface area (Å²) in [5.74, 6) is -1.68. The molecule has 0 aromatic carbocycles. The van der Waals surface area contributed by atoms with Gasteiger partial charge in [-0.2, -0.15) is 5.10 Å². The lowest BCUT2D eigenvalue weighted by Crippen LogP contribution is -2.23. The van der Waals surface area contributed by atoms with E-state index in [-0.39, 0.29) is 5.56 Å². The number of alkyl halides is 1. The SMILES string of the molecule is Cc1nn(C)cc1C(O)C(F)C(=O)O. The van der Waals surface area contributed by atoms with E-state index in [2.05, 4.69) is 5.10 Å². The number of carbonyl (C=O) groups is 1. The zero-order chi connectivity index (χ0) is 10.9. The molecule has 1 aromatic rings. The molecule has 6 heteroatoms. The van der Waals surface area contributed by atoms with Crippen molar-refractivity contribution < 1.29 is 19.4 Å². The van der Waals surface area contributed by atoms with E-state index < -0.39 is 18.2 Å². The molecule has 0 saturated carbocycles. The number of hydrogen-bond donors (Lipinski definition) is 2. The summed E-state index contributed by atoms with van der Waals surface area (Å²) in [5, 5.41) is 21.6. The molecule has 1 aromatic heterocycles. The third-order valence-corrected chi connectivity index (χ3v) is 1.88. The number of hydrogen-bond acceptors (Lipinski definition) is 3. The lowest BCUT2D eigenvalue weighted by atomic mass is 10.1. The van der Waals surface area contributed by atoms with Crippen LogP contribution in [0.4, 0.5) is 4.39 Å². The summed E-state index contributed by atoms with van der Waals surface area (Å²) >= 11 is 0. The molecule has 0 aliphatic carbocycles. The average molecular weight is 202 g/mol. The average Bonchev–Trinajstić information content (AvgIpc) is 2.42. The van der Waals surface area contributed by atoms with Crippen LogP contribution in [0, 0.1) is 6.92 Å². The first-order valence-electron chi connectivity index (χ1n) is 3.98. The van der Waals surface area contributed by atoms with Crippen molar-refractivity contribution in [3.63, 3.8) is 0 Å². The fourth-order valence-electron chi connectivity index (χ4n) is 1.20. The maximum Gasteiger partial charge on any atom is 0.341 e. The molecule has 0 fully saturated rings. The minimum Gasteiger partial charge on any atom is -0.479 e. The number of carboxylic acids is 1. The standard InChI is InChI=1S/C8H11FN2O3/c1-4-5(3-11(2)10-4)7(12)6(9)8(13)14/h3,6-7,12H,1-2H3,(H,13,14). The Bertz CT molecular complexity index is 350. The fourth-order valence-corrected chi connectivity index (χ4v) is 1.20. The first-order chi connectivity index (χ1) is 6.43. The van der Waals surface area contributed by atoms with Gasteiger partial charge in [-0.3, -0.25) is 4.68 Å². The number of aliphatic carboxylic acids is 1. The van der Waals surface area contributed by atoms with Crippen molar-refractivity contribution in [2.45, 2.75) is 19.2 Å². The Kier molecular flexibility index (Phi) is 2.85. The van der Waals surface area contributed by atoms with Gasteiger partial charge in [0.1, 0.15) is 6.10 Å². The summed E-state index contributed by atoms with van der Waals surface area (Å²) in [5.41, 5.74) is 0.617. The third kappa shape index (κ3) is 1.90. The van der Waals surface area contributed by atoms with Gasteiger partial charge in [0.05, 0.1) is 5.69 Å². The van der Waals surface area contributed by atoms with E-state index in [1.165, 1.54) is 10.9 Å². The minimum absolute atomic E-state index is 0.197. The summed E-state index contributed by atoms with van der Waals surface area (Å²) in [7, 11) is 1.61. The quantitative estimate of drug-likeness (QED) is 0.733. The number of aromatic nitrogens is 2. The molecular formula is C8H11FN2O3. The summed E-state index contributed by atoms with van der Waals surface area (Å²) in [6.45, 7) is 1.58. The normalized spacial score (nSPS) is 15.1. The van der Waals surface area contributed by atoms with E-state index >= 15 is 0 Å². The molecule has 0 amide bonds. The number of carboxylic acid groups (broad SMARTS) is 1. The van der Waals surface area contributed by atoms with Crippen molar-refractivity contribution in [3.8, 4) is 0 Å². The summed E-state index contributed by atoms with van der Waals surface area (Å²) in [4.78, 5) is 10.3. The van der Waals surface area contributed by atoms with Crippen molar-refractivity contribution in [2.24, 2.45) is 7.05 Å². The van der Waals surface area contributed by atoms with Gasteiger partial charge in [0, 0.05) is 18.8 Å². The van der Waals surface area contributed by atoms with Gasteiger partial charge in [-0.05, 0) is 6.92 Å². The van der Waals surface area contributed by atoms with E-state index in [4.69, 9.17) is 5.11 Å². The van der Waals surface area contributed by atoms with E-state index in [1.807, 2.05) is 0 Å². The van der Waals surface area contributed by atoms with Gasteiger partial charge in [0.15, 0.2) is 0 Å². The zero-order valence-corrected chi connectivity index (χ0v) is 7.81. The lowest BCUT2D eigenvalue weighted by Gasteiger charge is -2.10. The second kappa shape index (κ2) is 3.75. The van der Waals surface area contributed by atoms with Gasteiger partial charge in [-0.25, -0.2) is 9.18 Å². The predicted molar refractivity (Wildman–Crippen MR) is 45.4 cm³/mol. The molecule has 0 radical (unpaired) electrons. The zero-order valence-electron chi connectivity index (χ0n) is 7.81. The summed E-state index contributed by atoms with van der Waals surface area (Å²) in [6, 6.07) is 0. The van der Waals surface area contributed by atoms with Gasteiger partial charge in [0.25, 0.3) is 0 Å². The van der Waals surface area contributed by atoms with Crippen molar-refractivity contribution in [1.29, 1.82) is 0 Å². The van der Waals surface area contributed by atoms with Crippen LogP contribution in [0.3, 0.4) is 0 Å². The van der Waals surface area contributed by atoms with Crippen LogP contribution in [0.15, 0.2) is 6.20 Å². The van der Waals surface area contributed by atoms with Crippen LogP contribution in [0.5, 0.6) is 0 Å². The Morgan fingerprint density at radius 1 is 1.71 bits per heavy atom. The highest BCUT2D eigenvalue weighted by atomic mass is 19.1. The van der Waals surface area contributed by atoms with Crippen LogP contribution in [0.1, 0.15) is 17.4 Å². The van der Waals surface area contributed by atoms with Crippen molar-refractivity contribution in [2.75, 3.05) is 0 Å². The molecule has 5 nitrogen and oxygen atoms in total. The number of aliphatic hydroxyl groups is 1. The molecule has 78 valence electrons. The number of halogens is 1. The maximum atomic E-state index is 12.9. The second-order valence-electron chi connectivity index (χ2n) is 3.03. The molecule has 0 spiro atoms. The fraction of sp³-hybridized carbons (Fsp3) is 0.500. The van der Waals surface area contributed by atoms with Crippen LogP contribution in [-0.4, -0.2) is 32.1 Å². The maximum absolute atomic E-state index is 12.9. The van der Waals surface area contributed by atoms with Crippen molar-refractivity contribution in [3.05, 3.63) is 17.5 Å². The number of aliphatic hydroxyl groups excluding tert-OH is 1. The Hall–Kier alpha value is -1.43. The van der Waals surface area contributed by atoms with Crippen molar-refractivity contribution >= 4 is 5.97 Å². The van der Waals surface area contributed by atoms with Gasteiger partial charge in [0.2, 0.25) is 6.17 Å². The molecule has 2 unspecified atom stereocenters. The highest BCUT2D eigenvalue weighted by molar-refractivity contribution is 5.73. The number of aryl methyl sites for hydroxylation is 2. The van der Waals surface area contributed by atoms with Gasteiger partial charge < -0.3 is 10.2 Å². The van der Waals surface area contributed by atoms with Gasteiger partial charge in [-0.1, -0.05) is 0 Å². The Labute approximate surface area is 79.8 Å². The molecule has 0 bridgehead atoms. The molecule has 14 heavy (non-hydrogen) atoms. The third-order valence-electron chi connectivity index (χ3n) is 1.88. The van der Waals surface area contributed by atoms with Crippen LogP contribution < -0.4 is 0 Å². The molecule has 1 heterocycles. The van der Waals surface area contributed by atoms with Gasteiger partial charge in [-0.15, -0.1) is 0 Å². The number of rotatable bonds is 3. The molecular weight excluding hydrogens is 191 g/mol. The predicted octanol–water partition coefficient (Wildman–Crippen LogP) is 0.185. The molecule has 0 aliphatic heterocycles. The van der Waals surface area contributed by atoms with E-state index in [9.17, 15) is 14.3 Å². The van der Waals surface area contributed by atoms with E-state index in [1.54, 1.807) is 14.0 Å². The molecule has 0 saturated heterocycles. The topological polar surface area (TPSA) is 75.3 Å². The van der Waals surface area contributed by atoms with Crippen LogP contribution >= 0.6 is 0 Å². The Balaban J connectivity index is 2.94. The highest BCUT2D eigenvalue weighted by Gasteiger charge is 2.29. The van der Waals surface area contributed by atoms with Gasteiger partial charge >= 0.3 is 5.97 Å². The largest absolute Gasteiger partial charge is 0.479 e. The highest BCUT2D eigenvalue weighted by Crippen LogP contribution is 2.21. The minimum atomic E-state index is -2.32. The summed E-state index contributed by atoms with van der Waals surface area (Å²) in [6.07, 6.45) is -2.59. The van der Waals surface area contributed by atoms with Crippen LogP contribution in [0.2, 0.25) is 0 Å². The summed E-state index contributed by atoms with van der Waals surface area (Å²) < 4.78 is 14.3. The first kappa shape index (κ1) is 10.6. The first-order valence-corrected chi connectivity index (χ1v) is 3.98. The Morgan fingerprint density at radius 2 is 2.29 bits per heavy atom. The van der Waals surface area contributed by atoms with E-state index in [0.29, 0.717) is 5.69 Å². The van der Waals surface area contributed by atoms with Crippen molar-refractivity contribution in [1.82, 2.24) is 9.78 Å². The molecule has 2 atom stereocenters. The number of nitrogens with zero attached hydrogens (tertiary/aromatic N) is 2. The monoisotopic (exact) mass is 202 g/mol. The Morgan fingerprint density at radius 3 is 2.64 bits per heavy atom. The molecule has 0 aliphatic rings. The molecule has 1 rings (SSSR count). The lowest BCUT2D eigenvalue weighted by molar-refractivity contribution is -0.147. The van der Waals surface area contributed by atoms with Crippen LogP contribution in [0.25, 0.3) is 0 Å².